The molecule has 7 nitrogen and oxygen atoms in total. The van der Waals surface area contributed by atoms with Crippen molar-refractivity contribution in [1.29, 1.82) is 0 Å². The van der Waals surface area contributed by atoms with E-state index in [1.807, 2.05) is 21.7 Å². The number of nitrogens with one attached hydrogen (secondary N) is 1. The minimum atomic E-state index is -0.123. The molecule has 2 amide bonds. The number of carbonyl (C=O) groups is 2. The third-order valence-corrected chi connectivity index (χ3v) is 4.41. The van der Waals surface area contributed by atoms with Crippen molar-refractivity contribution in [2.45, 2.75) is 18.9 Å². The highest BCUT2D eigenvalue weighted by Crippen LogP contribution is 2.21. The van der Waals surface area contributed by atoms with E-state index >= 15 is 0 Å². The molecule has 2 heterocycles. The number of aromatic nitrogens is 3. The third-order valence-electron chi connectivity index (χ3n) is 4.41. The SMILES string of the molecule is CNC(=O)c1ccc(C=CC(=O)N2CCC(n3cncn3)CC2)cc1. The first-order chi connectivity index (χ1) is 12.2. The van der Waals surface area contributed by atoms with Gasteiger partial charge in [-0.3, -0.25) is 9.59 Å². The molecule has 0 unspecified atom stereocenters. The van der Waals surface area contributed by atoms with E-state index < -0.39 is 0 Å². The zero-order chi connectivity index (χ0) is 17.6. The molecule has 2 aromatic rings. The molecule has 1 saturated heterocycles. The van der Waals surface area contributed by atoms with Crippen molar-refractivity contribution >= 4 is 17.9 Å². The molecular weight excluding hydrogens is 318 g/mol. The van der Waals surface area contributed by atoms with Crippen LogP contribution in [0.15, 0.2) is 43.0 Å². The fourth-order valence-corrected chi connectivity index (χ4v) is 2.92. The van der Waals surface area contributed by atoms with Crippen LogP contribution in [0, 0.1) is 0 Å². The van der Waals surface area contributed by atoms with Gasteiger partial charge in [-0.1, -0.05) is 12.1 Å². The van der Waals surface area contributed by atoms with Crippen LogP contribution < -0.4 is 5.32 Å². The summed E-state index contributed by atoms with van der Waals surface area (Å²) in [6.07, 6.45) is 8.39. The summed E-state index contributed by atoms with van der Waals surface area (Å²) < 4.78 is 1.87. The molecular formula is C18H21N5O2. The minimum Gasteiger partial charge on any atom is -0.355 e. The predicted molar refractivity (Wildman–Crippen MR) is 93.7 cm³/mol. The summed E-state index contributed by atoms with van der Waals surface area (Å²) >= 11 is 0. The Hall–Kier alpha value is -2.96. The van der Waals surface area contributed by atoms with Gasteiger partial charge in [-0.05, 0) is 36.6 Å². The van der Waals surface area contributed by atoms with Crippen molar-refractivity contribution < 1.29 is 9.59 Å². The Kier molecular flexibility index (Phi) is 5.23. The summed E-state index contributed by atoms with van der Waals surface area (Å²) in [6.45, 7) is 1.42. The number of benzene rings is 1. The van der Waals surface area contributed by atoms with Gasteiger partial charge in [-0.15, -0.1) is 0 Å². The first-order valence-electron chi connectivity index (χ1n) is 8.30. The first kappa shape index (κ1) is 16.9. The molecule has 0 radical (unpaired) electrons. The molecule has 130 valence electrons. The van der Waals surface area contributed by atoms with Crippen molar-refractivity contribution in [3.05, 3.63) is 54.1 Å². The molecule has 0 bridgehead atoms. The fraction of sp³-hybridized carbons (Fsp3) is 0.333. The number of hydrogen-bond donors (Lipinski definition) is 1. The molecule has 1 aliphatic heterocycles. The van der Waals surface area contributed by atoms with Gasteiger partial charge < -0.3 is 10.2 Å². The number of carbonyl (C=O) groups excluding carboxylic acids is 2. The van der Waals surface area contributed by atoms with Gasteiger partial charge in [0.1, 0.15) is 12.7 Å². The molecule has 0 saturated carbocycles. The largest absolute Gasteiger partial charge is 0.355 e. The molecule has 3 rings (SSSR count). The van der Waals surface area contributed by atoms with Gasteiger partial charge in [0.05, 0.1) is 6.04 Å². The van der Waals surface area contributed by atoms with E-state index in [0.29, 0.717) is 24.7 Å². The topological polar surface area (TPSA) is 80.1 Å². The first-order valence-corrected chi connectivity index (χ1v) is 8.30. The quantitative estimate of drug-likeness (QED) is 0.857. The number of amides is 2. The highest BCUT2D eigenvalue weighted by molar-refractivity contribution is 5.94. The summed E-state index contributed by atoms with van der Waals surface area (Å²) in [7, 11) is 1.60. The van der Waals surface area contributed by atoms with E-state index in [1.165, 1.54) is 6.33 Å². The summed E-state index contributed by atoms with van der Waals surface area (Å²) in [5, 5.41) is 6.75. The normalized spacial score (nSPS) is 15.5. The Morgan fingerprint density at radius 1 is 1.20 bits per heavy atom. The number of nitrogens with zero attached hydrogens (tertiary/aromatic N) is 4. The maximum absolute atomic E-state index is 12.3. The molecule has 1 aromatic heterocycles. The molecule has 1 aliphatic rings. The highest BCUT2D eigenvalue weighted by atomic mass is 16.2. The smallest absolute Gasteiger partial charge is 0.251 e. The lowest BCUT2D eigenvalue weighted by Gasteiger charge is -2.31. The number of likely N-dealkylation sites (tertiary alicyclic amines) is 1. The Bertz CT molecular complexity index is 744. The van der Waals surface area contributed by atoms with Crippen molar-refractivity contribution in [1.82, 2.24) is 25.0 Å². The summed E-state index contributed by atoms with van der Waals surface area (Å²) in [5.74, 6) is -0.116. The van der Waals surface area contributed by atoms with Crippen LogP contribution in [0.5, 0.6) is 0 Å². The fourth-order valence-electron chi connectivity index (χ4n) is 2.92. The van der Waals surface area contributed by atoms with Crippen LogP contribution in [0.4, 0.5) is 0 Å². The lowest BCUT2D eigenvalue weighted by atomic mass is 10.1. The summed E-state index contributed by atoms with van der Waals surface area (Å²) in [6, 6.07) is 7.45. The maximum atomic E-state index is 12.3. The van der Waals surface area contributed by atoms with Gasteiger partial charge in [-0.2, -0.15) is 5.10 Å². The lowest BCUT2D eigenvalue weighted by Crippen LogP contribution is -2.38. The molecule has 0 spiro atoms. The molecule has 1 fully saturated rings. The molecule has 0 atom stereocenters. The van der Waals surface area contributed by atoms with Crippen molar-refractivity contribution in [2.75, 3.05) is 20.1 Å². The lowest BCUT2D eigenvalue weighted by molar-refractivity contribution is -0.127. The Labute approximate surface area is 146 Å². The molecule has 1 aromatic carbocycles. The van der Waals surface area contributed by atoms with E-state index in [0.717, 1.165) is 18.4 Å². The minimum absolute atomic E-state index is 0.00687. The molecule has 0 aliphatic carbocycles. The second kappa shape index (κ2) is 7.74. The van der Waals surface area contributed by atoms with E-state index in [1.54, 1.807) is 37.7 Å². The third kappa shape index (κ3) is 4.12. The van der Waals surface area contributed by atoms with Gasteiger partial charge in [0, 0.05) is 31.8 Å². The Morgan fingerprint density at radius 3 is 2.52 bits per heavy atom. The van der Waals surface area contributed by atoms with Crippen LogP contribution in [0.25, 0.3) is 6.08 Å². The van der Waals surface area contributed by atoms with Crippen LogP contribution in [0.3, 0.4) is 0 Å². The average molecular weight is 339 g/mol. The van der Waals surface area contributed by atoms with Crippen molar-refractivity contribution in [3.8, 4) is 0 Å². The van der Waals surface area contributed by atoms with E-state index in [-0.39, 0.29) is 11.8 Å². The molecule has 7 heteroatoms. The zero-order valence-corrected chi connectivity index (χ0v) is 14.1. The van der Waals surface area contributed by atoms with E-state index in [9.17, 15) is 9.59 Å². The Morgan fingerprint density at radius 2 is 1.92 bits per heavy atom. The van der Waals surface area contributed by atoms with Gasteiger partial charge in [0.25, 0.3) is 5.91 Å². The van der Waals surface area contributed by atoms with Crippen molar-refractivity contribution in [3.63, 3.8) is 0 Å². The predicted octanol–water partition coefficient (Wildman–Crippen LogP) is 1.51. The second-order valence-corrected chi connectivity index (χ2v) is 5.97. The molecule has 1 N–H and O–H groups in total. The van der Waals surface area contributed by atoms with Crippen LogP contribution in [0.2, 0.25) is 0 Å². The van der Waals surface area contributed by atoms with Crippen LogP contribution in [-0.2, 0) is 4.79 Å². The standard InChI is InChI=1S/C18H21N5O2/c1-19-18(25)15-5-2-14(3-6-15)4-7-17(24)22-10-8-16(9-11-22)23-13-20-12-21-23/h2-7,12-13,16H,8-11H2,1H3,(H,19,25). The van der Waals surface area contributed by atoms with Crippen molar-refractivity contribution in [2.24, 2.45) is 0 Å². The van der Waals surface area contributed by atoms with Crippen LogP contribution in [0.1, 0.15) is 34.8 Å². The second-order valence-electron chi connectivity index (χ2n) is 5.97. The van der Waals surface area contributed by atoms with E-state index in [4.69, 9.17) is 0 Å². The van der Waals surface area contributed by atoms with Gasteiger partial charge in [0.15, 0.2) is 0 Å². The molecule has 25 heavy (non-hydrogen) atoms. The van der Waals surface area contributed by atoms with Crippen LogP contribution >= 0.6 is 0 Å². The average Bonchev–Trinajstić information content (AvgIpc) is 3.21. The van der Waals surface area contributed by atoms with Gasteiger partial charge >= 0.3 is 0 Å². The van der Waals surface area contributed by atoms with E-state index in [2.05, 4.69) is 15.4 Å². The maximum Gasteiger partial charge on any atom is 0.251 e. The number of piperidine rings is 1. The highest BCUT2D eigenvalue weighted by Gasteiger charge is 2.22. The van der Waals surface area contributed by atoms with Gasteiger partial charge in [-0.25, -0.2) is 9.67 Å². The number of hydrogen-bond acceptors (Lipinski definition) is 4. The monoisotopic (exact) mass is 339 g/mol. The summed E-state index contributed by atoms with van der Waals surface area (Å²) in [4.78, 5) is 29.7. The summed E-state index contributed by atoms with van der Waals surface area (Å²) in [5.41, 5.74) is 1.49. The number of rotatable bonds is 4. The zero-order valence-electron chi connectivity index (χ0n) is 14.1. The Balaban J connectivity index is 1.54. The van der Waals surface area contributed by atoms with Gasteiger partial charge in [0.2, 0.25) is 5.91 Å². The van der Waals surface area contributed by atoms with Crippen LogP contribution in [-0.4, -0.2) is 51.6 Å².